The average molecular weight is 336 g/mol. The summed E-state index contributed by atoms with van der Waals surface area (Å²) in [5, 5.41) is 2.46. The molecule has 1 aromatic carbocycles. The van der Waals surface area contributed by atoms with Crippen LogP contribution in [0.5, 0.6) is 0 Å². The molecule has 6 nitrogen and oxygen atoms in total. The zero-order valence-corrected chi connectivity index (χ0v) is 12.1. The number of hydrogen-bond acceptors (Lipinski definition) is 4. The minimum absolute atomic E-state index is 0.0599. The minimum Gasteiger partial charge on any atom is -0.322 e. The fourth-order valence-electron chi connectivity index (χ4n) is 2.33. The van der Waals surface area contributed by atoms with Crippen LogP contribution in [-0.4, -0.2) is 26.8 Å². The monoisotopic (exact) mass is 336 g/mol. The summed E-state index contributed by atoms with van der Waals surface area (Å²) < 4.78 is 37.7. The molecule has 1 aromatic heterocycles. The predicted molar refractivity (Wildman–Crippen MR) is 75.3 cm³/mol. The Balaban J connectivity index is 1.78. The lowest BCUT2D eigenvalue weighted by Crippen LogP contribution is -2.30. The van der Waals surface area contributed by atoms with Gasteiger partial charge >= 0.3 is 12.2 Å². The van der Waals surface area contributed by atoms with E-state index in [0.717, 1.165) is 17.0 Å². The molecule has 1 N–H and O–H groups in total. The molecule has 1 aliphatic rings. The summed E-state index contributed by atoms with van der Waals surface area (Å²) in [4.78, 5) is 33.1. The molecule has 0 bridgehead atoms. The number of amides is 3. The Bertz CT molecular complexity index is 763. The van der Waals surface area contributed by atoms with Gasteiger partial charge in [0, 0.05) is 12.4 Å². The summed E-state index contributed by atoms with van der Waals surface area (Å²) in [6.45, 7) is -0.0599. The number of benzene rings is 1. The molecule has 0 radical (unpaired) electrons. The Morgan fingerprint density at radius 1 is 1.12 bits per heavy atom. The molecule has 1 atom stereocenters. The number of carbonyl (C=O) groups excluding carboxylic acids is 2. The Morgan fingerprint density at radius 3 is 2.42 bits per heavy atom. The maximum atomic E-state index is 12.6. The molecular formula is C15H11F3N4O2. The van der Waals surface area contributed by atoms with Crippen molar-refractivity contribution in [2.24, 2.45) is 0 Å². The van der Waals surface area contributed by atoms with Crippen molar-refractivity contribution in [1.82, 2.24) is 20.2 Å². The summed E-state index contributed by atoms with van der Waals surface area (Å²) in [7, 11) is 0. The smallest absolute Gasteiger partial charge is 0.322 e. The Hall–Kier alpha value is -2.97. The zero-order valence-electron chi connectivity index (χ0n) is 12.1. The van der Waals surface area contributed by atoms with Crippen LogP contribution in [0.15, 0.2) is 42.9 Å². The molecule has 3 amide bonds. The maximum Gasteiger partial charge on any atom is 0.416 e. The molecular weight excluding hydrogens is 325 g/mol. The van der Waals surface area contributed by atoms with Gasteiger partial charge in [0.2, 0.25) is 0 Å². The largest absolute Gasteiger partial charge is 0.416 e. The van der Waals surface area contributed by atoms with Gasteiger partial charge < -0.3 is 5.32 Å². The number of carbonyl (C=O) groups is 2. The van der Waals surface area contributed by atoms with E-state index in [1.54, 1.807) is 0 Å². The number of nitrogens with one attached hydrogen (secondary N) is 1. The van der Waals surface area contributed by atoms with Crippen molar-refractivity contribution in [3.63, 3.8) is 0 Å². The summed E-state index contributed by atoms with van der Waals surface area (Å²) in [6, 6.07) is 2.46. The number of aromatic nitrogens is 2. The first kappa shape index (κ1) is 15.9. The van der Waals surface area contributed by atoms with Gasteiger partial charge in [0.25, 0.3) is 5.91 Å². The van der Waals surface area contributed by atoms with E-state index in [1.165, 1.54) is 30.7 Å². The van der Waals surface area contributed by atoms with E-state index < -0.39 is 29.7 Å². The highest BCUT2D eigenvalue weighted by Crippen LogP contribution is 2.31. The average Bonchev–Trinajstić information content (AvgIpc) is 2.83. The van der Waals surface area contributed by atoms with E-state index in [9.17, 15) is 22.8 Å². The second-order valence-electron chi connectivity index (χ2n) is 5.12. The van der Waals surface area contributed by atoms with Gasteiger partial charge in [0.15, 0.2) is 0 Å². The Kier molecular flexibility index (Phi) is 3.92. The van der Waals surface area contributed by atoms with Crippen LogP contribution in [0.3, 0.4) is 0 Å². The van der Waals surface area contributed by atoms with Crippen molar-refractivity contribution >= 4 is 11.9 Å². The van der Waals surface area contributed by atoms with Gasteiger partial charge in [-0.3, -0.25) is 19.7 Å². The molecule has 1 unspecified atom stereocenters. The van der Waals surface area contributed by atoms with Gasteiger partial charge in [-0.2, -0.15) is 13.2 Å². The van der Waals surface area contributed by atoms with Gasteiger partial charge in [-0.25, -0.2) is 4.79 Å². The van der Waals surface area contributed by atoms with Crippen molar-refractivity contribution in [2.75, 3.05) is 0 Å². The van der Waals surface area contributed by atoms with Crippen LogP contribution in [-0.2, 0) is 17.5 Å². The van der Waals surface area contributed by atoms with Crippen LogP contribution < -0.4 is 5.32 Å². The molecule has 3 rings (SSSR count). The van der Waals surface area contributed by atoms with Crippen LogP contribution in [0.4, 0.5) is 18.0 Å². The molecule has 124 valence electrons. The zero-order chi connectivity index (χ0) is 17.3. The number of imide groups is 1. The third kappa shape index (κ3) is 3.05. The van der Waals surface area contributed by atoms with Crippen LogP contribution in [0, 0.1) is 0 Å². The molecule has 0 saturated carbocycles. The van der Waals surface area contributed by atoms with Gasteiger partial charge in [-0.05, 0) is 17.7 Å². The van der Waals surface area contributed by atoms with Crippen molar-refractivity contribution in [2.45, 2.75) is 18.8 Å². The van der Waals surface area contributed by atoms with Crippen molar-refractivity contribution in [3.8, 4) is 0 Å². The molecule has 24 heavy (non-hydrogen) atoms. The van der Waals surface area contributed by atoms with Gasteiger partial charge in [0.1, 0.15) is 6.04 Å². The van der Waals surface area contributed by atoms with Crippen LogP contribution in [0.1, 0.15) is 22.9 Å². The first-order valence-corrected chi connectivity index (χ1v) is 6.90. The molecule has 1 aliphatic heterocycles. The van der Waals surface area contributed by atoms with E-state index >= 15 is 0 Å². The summed E-state index contributed by atoms with van der Waals surface area (Å²) in [6.07, 6.45) is -0.146. The molecule has 0 aliphatic carbocycles. The fraction of sp³-hybridized carbons (Fsp3) is 0.200. The fourth-order valence-corrected chi connectivity index (χ4v) is 2.33. The van der Waals surface area contributed by atoms with Crippen LogP contribution >= 0.6 is 0 Å². The molecule has 1 fully saturated rings. The number of urea groups is 1. The summed E-state index contributed by atoms with van der Waals surface area (Å²) in [5.74, 6) is -0.551. The van der Waals surface area contributed by atoms with E-state index in [1.807, 2.05) is 0 Å². The van der Waals surface area contributed by atoms with Crippen molar-refractivity contribution < 1.29 is 22.8 Å². The highest BCUT2D eigenvalue weighted by molar-refractivity contribution is 6.04. The quantitative estimate of drug-likeness (QED) is 0.873. The topological polar surface area (TPSA) is 75.2 Å². The number of nitrogens with zero attached hydrogens (tertiary/aromatic N) is 3. The molecule has 9 heteroatoms. The first-order chi connectivity index (χ1) is 11.4. The number of alkyl halides is 3. The van der Waals surface area contributed by atoms with Gasteiger partial charge in [-0.1, -0.05) is 12.1 Å². The van der Waals surface area contributed by atoms with E-state index in [4.69, 9.17) is 0 Å². The lowest BCUT2D eigenvalue weighted by atomic mass is 10.0. The van der Waals surface area contributed by atoms with Gasteiger partial charge in [0.05, 0.1) is 24.0 Å². The normalized spacial score (nSPS) is 18.0. The van der Waals surface area contributed by atoms with E-state index in [-0.39, 0.29) is 12.1 Å². The number of hydrogen-bond donors (Lipinski definition) is 1. The minimum atomic E-state index is -4.46. The van der Waals surface area contributed by atoms with Gasteiger partial charge in [-0.15, -0.1) is 0 Å². The SMILES string of the molecule is O=C1NC(c2ccc(C(F)(F)F)cc2)C(=O)N1Cc1cnccn1. The number of rotatable bonds is 3. The first-order valence-electron chi connectivity index (χ1n) is 6.90. The molecule has 0 spiro atoms. The lowest BCUT2D eigenvalue weighted by molar-refractivity contribution is -0.137. The molecule has 1 saturated heterocycles. The third-order valence-electron chi connectivity index (χ3n) is 3.53. The lowest BCUT2D eigenvalue weighted by Gasteiger charge is -2.13. The molecule has 2 heterocycles. The van der Waals surface area contributed by atoms with Crippen LogP contribution in [0.25, 0.3) is 0 Å². The van der Waals surface area contributed by atoms with Crippen molar-refractivity contribution in [3.05, 3.63) is 59.7 Å². The predicted octanol–water partition coefficient (Wildman–Crippen LogP) is 2.29. The Labute approximate surface area is 134 Å². The van der Waals surface area contributed by atoms with E-state index in [0.29, 0.717) is 5.69 Å². The Morgan fingerprint density at radius 2 is 1.83 bits per heavy atom. The number of halogens is 3. The molecule has 2 aromatic rings. The second-order valence-corrected chi connectivity index (χ2v) is 5.12. The van der Waals surface area contributed by atoms with E-state index in [2.05, 4.69) is 15.3 Å². The van der Waals surface area contributed by atoms with Crippen LogP contribution in [0.2, 0.25) is 0 Å². The highest BCUT2D eigenvalue weighted by atomic mass is 19.4. The highest BCUT2D eigenvalue weighted by Gasteiger charge is 2.39. The summed E-state index contributed by atoms with van der Waals surface area (Å²) in [5.41, 5.74) is -0.114. The maximum absolute atomic E-state index is 12.6. The third-order valence-corrected chi connectivity index (χ3v) is 3.53. The standard InChI is InChI=1S/C15H11F3N4O2/c16-15(17,18)10-3-1-9(2-4-10)12-13(23)22(14(24)21-12)8-11-7-19-5-6-20-11/h1-7,12H,8H2,(H,21,24). The second kappa shape index (κ2) is 5.91. The van der Waals surface area contributed by atoms with Crippen molar-refractivity contribution in [1.29, 1.82) is 0 Å². The summed E-state index contributed by atoms with van der Waals surface area (Å²) >= 11 is 0.